The van der Waals surface area contributed by atoms with Crippen LogP contribution < -0.4 is 5.32 Å². The van der Waals surface area contributed by atoms with Crippen molar-refractivity contribution < 1.29 is 14.3 Å². The number of halogens is 1. The summed E-state index contributed by atoms with van der Waals surface area (Å²) in [7, 11) is 0. The summed E-state index contributed by atoms with van der Waals surface area (Å²) in [5, 5.41) is 13.1. The molecule has 2 fully saturated rings. The molecule has 0 spiro atoms. The minimum absolute atomic E-state index is 0.182. The highest BCUT2D eigenvalue weighted by Gasteiger charge is 2.60. The zero-order valence-electron chi connectivity index (χ0n) is 10.7. The maximum Gasteiger partial charge on any atom is 0.272 e. The molecule has 5 heteroatoms. The van der Waals surface area contributed by atoms with Gasteiger partial charge in [-0.05, 0) is 44.2 Å². The van der Waals surface area contributed by atoms with Gasteiger partial charge in [0.2, 0.25) is 0 Å². The minimum Gasteiger partial charge on any atom is -0.389 e. The van der Waals surface area contributed by atoms with Gasteiger partial charge < -0.3 is 10.4 Å². The molecule has 2 N–H and O–H groups in total. The Morgan fingerprint density at radius 3 is 2.68 bits per heavy atom. The molecule has 1 heterocycles. The fourth-order valence-corrected chi connectivity index (χ4v) is 2.89. The molecule has 102 valence electrons. The van der Waals surface area contributed by atoms with Crippen LogP contribution >= 0.6 is 0 Å². The number of aliphatic hydroxyl groups is 1. The van der Waals surface area contributed by atoms with Crippen LogP contribution in [0.2, 0.25) is 0 Å². The third-order valence-electron chi connectivity index (χ3n) is 4.58. The molecule has 2 aliphatic rings. The lowest BCUT2D eigenvalue weighted by molar-refractivity contribution is -0.0948. The summed E-state index contributed by atoms with van der Waals surface area (Å²) < 4.78 is 13.4. The van der Waals surface area contributed by atoms with Gasteiger partial charge in [0.15, 0.2) is 11.5 Å². The third kappa shape index (κ3) is 2.02. The number of nitrogens with zero attached hydrogens (tertiary/aromatic N) is 1. The van der Waals surface area contributed by atoms with Gasteiger partial charge in [-0.1, -0.05) is 0 Å². The van der Waals surface area contributed by atoms with Gasteiger partial charge in [-0.25, -0.2) is 9.37 Å². The van der Waals surface area contributed by atoms with E-state index in [1.807, 2.05) is 0 Å². The first-order valence-electron chi connectivity index (χ1n) is 6.68. The Morgan fingerprint density at radius 2 is 2.16 bits per heavy atom. The van der Waals surface area contributed by atoms with E-state index in [0.717, 1.165) is 32.1 Å². The number of carbonyl (C=O) groups excluding carboxylic acids is 1. The molecule has 0 aromatic carbocycles. The van der Waals surface area contributed by atoms with Gasteiger partial charge in [-0.3, -0.25) is 4.79 Å². The van der Waals surface area contributed by atoms with E-state index in [-0.39, 0.29) is 11.1 Å². The molecule has 0 atom stereocenters. The highest BCUT2D eigenvalue weighted by atomic mass is 19.1. The lowest BCUT2D eigenvalue weighted by Gasteiger charge is -2.44. The number of pyridine rings is 1. The molecule has 1 amide bonds. The van der Waals surface area contributed by atoms with Crippen LogP contribution in [-0.2, 0) is 0 Å². The average Bonchev–Trinajstić information content (AvgIpc) is 3.15. The summed E-state index contributed by atoms with van der Waals surface area (Å²) >= 11 is 0. The Kier molecular flexibility index (Phi) is 2.82. The molecule has 1 aromatic rings. The Bertz CT molecular complexity index is 510. The summed E-state index contributed by atoms with van der Waals surface area (Å²) in [6.45, 7) is 0.401. The van der Waals surface area contributed by atoms with Crippen LogP contribution in [0.1, 0.15) is 42.6 Å². The molecule has 19 heavy (non-hydrogen) atoms. The molecule has 0 saturated heterocycles. The van der Waals surface area contributed by atoms with Crippen molar-refractivity contribution in [2.75, 3.05) is 6.54 Å². The van der Waals surface area contributed by atoms with E-state index in [4.69, 9.17) is 0 Å². The number of carbonyl (C=O) groups is 1. The van der Waals surface area contributed by atoms with E-state index in [1.165, 1.54) is 18.3 Å². The van der Waals surface area contributed by atoms with Crippen molar-refractivity contribution in [1.29, 1.82) is 0 Å². The molecule has 0 radical (unpaired) electrons. The van der Waals surface area contributed by atoms with Gasteiger partial charge >= 0.3 is 0 Å². The summed E-state index contributed by atoms with van der Waals surface area (Å²) in [5.74, 6) is -1.13. The lowest BCUT2D eigenvalue weighted by atomic mass is 9.69. The largest absolute Gasteiger partial charge is 0.389 e. The second-order valence-electron chi connectivity index (χ2n) is 5.68. The fraction of sp³-hybridized carbons (Fsp3) is 0.571. The first-order chi connectivity index (χ1) is 9.06. The van der Waals surface area contributed by atoms with Crippen LogP contribution in [0.25, 0.3) is 0 Å². The third-order valence-corrected chi connectivity index (χ3v) is 4.58. The van der Waals surface area contributed by atoms with Crippen molar-refractivity contribution in [2.45, 2.75) is 37.7 Å². The van der Waals surface area contributed by atoms with Gasteiger partial charge in [0.25, 0.3) is 5.91 Å². The monoisotopic (exact) mass is 264 g/mol. The van der Waals surface area contributed by atoms with E-state index in [1.54, 1.807) is 0 Å². The molecule has 1 aromatic heterocycles. The second-order valence-corrected chi connectivity index (χ2v) is 5.68. The van der Waals surface area contributed by atoms with E-state index in [2.05, 4.69) is 10.3 Å². The van der Waals surface area contributed by atoms with E-state index >= 15 is 0 Å². The first-order valence-corrected chi connectivity index (χ1v) is 6.68. The predicted octanol–water partition coefficient (Wildman–Crippen LogP) is 1.65. The Morgan fingerprint density at radius 1 is 1.42 bits per heavy atom. The summed E-state index contributed by atoms with van der Waals surface area (Å²) in [4.78, 5) is 15.6. The molecule has 0 bridgehead atoms. The van der Waals surface area contributed by atoms with Gasteiger partial charge in [0.05, 0.1) is 5.60 Å². The SMILES string of the molecule is O=C(NCC1(C2(O)CCC2)CC1)c1ncccc1F. The maximum absolute atomic E-state index is 13.4. The lowest BCUT2D eigenvalue weighted by Crippen LogP contribution is -2.51. The second kappa shape index (κ2) is 4.27. The van der Waals surface area contributed by atoms with Crippen molar-refractivity contribution >= 4 is 5.91 Å². The number of amides is 1. The Labute approximate surface area is 111 Å². The summed E-state index contributed by atoms with van der Waals surface area (Å²) in [6.07, 6.45) is 5.90. The van der Waals surface area contributed by atoms with Gasteiger partial charge in [-0.15, -0.1) is 0 Å². The molecule has 3 rings (SSSR count). The standard InChI is InChI=1S/C14H17FN2O2/c15-10-3-1-8-16-11(10)12(18)17-9-13(6-7-13)14(19)4-2-5-14/h1,3,8,19H,2,4-7,9H2,(H,17,18). The van der Waals surface area contributed by atoms with Gasteiger partial charge in [0.1, 0.15) is 0 Å². The van der Waals surface area contributed by atoms with Crippen LogP contribution in [0.5, 0.6) is 0 Å². The summed E-state index contributed by atoms with van der Waals surface area (Å²) in [5.41, 5.74) is -0.992. The normalized spacial score (nSPS) is 22.4. The zero-order valence-corrected chi connectivity index (χ0v) is 10.7. The van der Waals surface area contributed by atoms with Gasteiger partial charge in [-0.2, -0.15) is 0 Å². The highest BCUT2D eigenvalue weighted by Crippen LogP contribution is 2.60. The van der Waals surface area contributed by atoms with Crippen LogP contribution in [0.3, 0.4) is 0 Å². The maximum atomic E-state index is 13.4. The number of nitrogens with one attached hydrogen (secondary N) is 1. The van der Waals surface area contributed by atoms with E-state index in [0.29, 0.717) is 6.54 Å². The van der Waals surface area contributed by atoms with E-state index < -0.39 is 17.3 Å². The quantitative estimate of drug-likeness (QED) is 0.869. The van der Waals surface area contributed by atoms with Crippen LogP contribution in [-0.4, -0.2) is 28.1 Å². The smallest absolute Gasteiger partial charge is 0.272 e. The number of hydrogen-bond acceptors (Lipinski definition) is 3. The van der Waals surface area contributed by atoms with Crippen LogP contribution in [0.4, 0.5) is 4.39 Å². The number of aromatic nitrogens is 1. The number of hydrogen-bond donors (Lipinski definition) is 2. The van der Waals surface area contributed by atoms with Crippen molar-refractivity contribution in [1.82, 2.24) is 10.3 Å². The van der Waals surface area contributed by atoms with Crippen molar-refractivity contribution in [3.8, 4) is 0 Å². The summed E-state index contributed by atoms with van der Waals surface area (Å²) in [6, 6.07) is 2.67. The van der Waals surface area contributed by atoms with Crippen molar-refractivity contribution in [3.05, 3.63) is 29.8 Å². The Hall–Kier alpha value is -1.49. The molecule has 2 saturated carbocycles. The average molecular weight is 264 g/mol. The molecule has 0 aliphatic heterocycles. The zero-order chi connectivity index (χ0) is 13.5. The molecular weight excluding hydrogens is 247 g/mol. The molecular formula is C14H17FN2O2. The van der Waals surface area contributed by atoms with Crippen molar-refractivity contribution in [3.63, 3.8) is 0 Å². The predicted molar refractivity (Wildman–Crippen MR) is 67.0 cm³/mol. The molecule has 2 aliphatic carbocycles. The number of rotatable bonds is 4. The van der Waals surface area contributed by atoms with Crippen LogP contribution in [0.15, 0.2) is 18.3 Å². The van der Waals surface area contributed by atoms with Crippen LogP contribution in [0, 0.1) is 11.2 Å². The Balaban J connectivity index is 1.64. The molecule has 4 nitrogen and oxygen atoms in total. The van der Waals surface area contributed by atoms with E-state index in [9.17, 15) is 14.3 Å². The first kappa shape index (κ1) is 12.5. The highest BCUT2D eigenvalue weighted by molar-refractivity contribution is 5.92. The molecule has 0 unspecified atom stereocenters. The minimum atomic E-state index is -0.622. The topological polar surface area (TPSA) is 62.2 Å². The van der Waals surface area contributed by atoms with Gasteiger partial charge in [0, 0.05) is 18.2 Å². The fourth-order valence-electron chi connectivity index (χ4n) is 2.89. The van der Waals surface area contributed by atoms with Crippen molar-refractivity contribution in [2.24, 2.45) is 5.41 Å².